The van der Waals surface area contributed by atoms with Gasteiger partial charge in [0.1, 0.15) is 0 Å². The molecule has 0 spiro atoms. The van der Waals surface area contributed by atoms with Crippen molar-refractivity contribution in [3.63, 3.8) is 0 Å². The third-order valence-corrected chi connectivity index (χ3v) is 2.97. The highest BCUT2D eigenvalue weighted by Gasteiger charge is 2.29. The van der Waals surface area contributed by atoms with Gasteiger partial charge in [0, 0.05) is 29.1 Å². The number of hydrogen-bond donors (Lipinski definition) is 0. The van der Waals surface area contributed by atoms with Gasteiger partial charge in [-0.1, -0.05) is 15.9 Å². The fraction of sp³-hybridized carbons (Fsp3) is 0.667. The van der Waals surface area contributed by atoms with E-state index < -0.39 is 0 Å². The first kappa shape index (κ1) is 8.30. The van der Waals surface area contributed by atoms with Crippen LogP contribution in [0.1, 0.15) is 36.9 Å². The first-order valence-electron chi connectivity index (χ1n) is 4.47. The highest BCUT2D eigenvalue weighted by Crippen LogP contribution is 2.41. The van der Waals surface area contributed by atoms with Gasteiger partial charge in [0.15, 0.2) is 0 Å². The zero-order valence-electron chi connectivity index (χ0n) is 7.26. The van der Waals surface area contributed by atoms with Crippen LogP contribution in [-0.4, -0.2) is 9.78 Å². The lowest BCUT2D eigenvalue weighted by atomic mass is 10.2. The second kappa shape index (κ2) is 3.21. The Kier molecular flexibility index (Phi) is 2.22. The van der Waals surface area contributed by atoms with Gasteiger partial charge in [0.25, 0.3) is 0 Å². The number of rotatable bonds is 3. The van der Waals surface area contributed by atoms with Crippen LogP contribution in [0.5, 0.6) is 0 Å². The Hall–Kier alpha value is -0.310. The van der Waals surface area contributed by atoms with Crippen molar-refractivity contribution in [3.05, 3.63) is 17.5 Å². The molecule has 0 aromatic carbocycles. The molecule has 0 atom stereocenters. The van der Waals surface area contributed by atoms with Gasteiger partial charge < -0.3 is 0 Å². The maximum Gasteiger partial charge on any atom is 0.0533 e. The van der Waals surface area contributed by atoms with Gasteiger partial charge in [-0.25, -0.2) is 0 Å². The summed E-state index contributed by atoms with van der Waals surface area (Å²) in [7, 11) is 0. The zero-order chi connectivity index (χ0) is 8.55. The molecule has 0 unspecified atom stereocenters. The third kappa shape index (κ3) is 1.30. The monoisotopic (exact) mass is 228 g/mol. The Morgan fingerprint density at radius 1 is 1.67 bits per heavy atom. The van der Waals surface area contributed by atoms with Gasteiger partial charge in [0.2, 0.25) is 0 Å². The predicted molar refractivity (Wildman–Crippen MR) is 52.5 cm³/mol. The van der Waals surface area contributed by atoms with Gasteiger partial charge in [-0.05, 0) is 19.8 Å². The SMILES string of the molecule is CCn1ncc(CBr)c1C1CC1. The fourth-order valence-electron chi connectivity index (χ4n) is 1.62. The summed E-state index contributed by atoms with van der Waals surface area (Å²) in [5.74, 6) is 0.806. The zero-order valence-corrected chi connectivity index (χ0v) is 8.84. The van der Waals surface area contributed by atoms with E-state index in [1.165, 1.54) is 24.1 Å². The van der Waals surface area contributed by atoms with Crippen LogP contribution in [0.15, 0.2) is 6.20 Å². The summed E-state index contributed by atoms with van der Waals surface area (Å²) in [4.78, 5) is 0. The molecule has 0 radical (unpaired) electrons. The molecule has 3 heteroatoms. The molecule has 1 aromatic heterocycles. The van der Waals surface area contributed by atoms with E-state index in [1.807, 2.05) is 6.20 Å². The second-order valence-corrected chi connectivity index (χ2v) is 3.84. The minimum atomic E-state index is 0.806. The molecule has 66 valence electrons. The smallest absolute Gasteiger partial charge is 0.0533 e. The molecular weight excluding hydrogens is 216 g/mol. The number of aryl methyl sites for hydroxylation is 1. The van der Waals surface area contributed by atoms with E-state index in [1.54, 1.807) is 0 Å². The second-order valence-electron chi connectivity index (χ2n) is 3.28. The molecule has 0 bridgehead atoms. The summed E-state index contributed by atoms with van der Waals surface area (Å²) in [5, 5.41) is 5.30. The molecule has 0 amide bonds. The van der Waals surface area contributed by atoms with Crippen molar-refractivity contribution >= 4 is 15.9 Å². The van der Waals surface area contributed by atoms with E-state index in [2.05, 4.69) is 32.6 Å². The summed E-state index contributed by atoms with van der Waals surface area (Å²) in [6.07, 6.45) is 4.70. The molecule has 1 saturated carbocycles. The molecule has 1 heterocycles. The predicted octanol–water partition coefficient (Wildman–Crippen LogP) is 2.68. The van der Waals surface area contributed by atoms with Crippen molar-refractivity contribution in [1.82, 2.24) is 9.78 Å². The van der Waals surface area contributed by atoms with Crippen LogP contribution in [-0.2, 0) is 11.9 Å². The Balaban J connectivity index is 2.36. The Morgan fingerprint density at radius 2 is 2.42 bits per heavy atom. The van der Waals surface area contributed by atoms with Crippen LogP contribution in [0.4, 0.5) is 0 Å². The average molecular weight is 229 g/mol. The molecular formula is C9H13BrN2. The third-order valence-electron chi connectivity index (χ3n) is 2.37. The number of halogens is 1. The summed E-state index contributed by atoms with van der Waals surface area (Å²) < 4.78 is 2.13. The van der Waals surface area contributed by atoms with E-state index >= 15 is 0 Å². The van der Waals surface area contributed by atoms with Crippen molar-refractivity contribution in [1.29, 1.82) is 0 Å². The van der Waals surface area contributed by atoms with Crippen LogP contribution < -0.4 is 0 Å². The van der Waals surface area contributed by atoms with Crippen LogP contribution in [0, 0.1) is 0 Å². The Morgan fingerprint density at radius 3 is 2.92 bits per heavy atom. The minimum absolute atomic E-state index is 0.806. The molecule has 1 aliphatic rings. The van der Waals surface area contributed by atoms with Crippen molar-refractivity contribution in [2.75, 3.05) is 0 Å². The van der Waals surface area contributed by atoms with Crippen molar-refractivity contribution < 1.29 is 0 Å². The van der Waals surface area contributed by atoms with Crippen molar-refractivity contribution in [2.24, 2.45) is 0 Å². The Bertz CT molecular complexity index is 255. The minimum Gasteiger partial charge on any atom is -0.269 e. The molecule has 0 N–H and O–H groups in total. The highest BCUT2D eigenvalue weighted by molar-refractivity contribution is 9.08. The van der Waals surface area contributed by atoms with E-state index in [9.17, 15) is 0 Å². The lowest BCUT2D eigenvalue weighted by Gasteiger charge is -2.03. The fourth-order valence-corrected chi connectivity index (χ4v) is 2.05. The first-order chi connectivity index (χ1) is 5.86. The van der Waals surface area contributed by atoms with E-state index in [-0.39, 0.29) is 0 Å². The van der Waals surface area contributed by atoms with Crippen molar-refractivity contribution in [2.45, 2.75) is 37.6 Å². The molecule has 0 aliphatic heterocycles. The summed E-state index contributed by atoms with van der Waals surface area (Å²) in [6, 6.07) is 0. The van der Waals surface area contributed by atoms with E-state index in [0.29, 0.717) is 0 Å². The quantitative estimate of drug-likeness (QED) is 0.728. The molecule has 1 fully saturated rings. The summed E-state index contributed by atoms with van der Waals surface area (Å²) in [6.45, 7) is 3.15. The molecule has 2 rings (SSSR count). The summed E-state index contributed by atoms with van der Waals surface area (Å²) in [5.41, 5.74) is 2.84. The van der Waals surface area contributed by atoms with Crippen LogP contribution in [0.2, 0.25) is 0 Å². The highest BCUT2D eigenvalue weighted by atomic mass is 79.9. The number of hydrogen-bond acceptors (Lipinski definition) is 1. The van der Waals surface area contributed by atoms with E-state index in [0.717, 1.165) is 17.8 Å². The van der Waals surface area contributed by atoms with E-state index in [4.69, 9.17) is 0 Å². The maximum atomic E-state index is 4.35. The molecule has 1 aromatic rings. The van der Waals surface area contributed by atoms with Crippen LogP contribution in [0.25, 0.3) is 0 Å². The number of nitrogens with zero attached hydrogens (tertiary/aromatic N) is 2. The number of aromatic nitrogens is 2. The van der Waals surface area contributed by atoms with Gasteiger partial charge in [-0.15, -0.1) is 0 Å². The standard InChI is InChI=1S/C9H13BrN2/c1-2-12-9(7-3-4-7)8(5-10)6-11-12/h6-7H,2-5H2,1H3. The number of alkyl halides is 1. The van der Waals surface area contributed by atoms with Gasteiger partial charge >= 0.3 is 0 Å². The summed E-state index contributed by atoms with van der Waals surface area (Å²) >= 11 is 3.49. The lowest BCUT2D eigenvalue weighted by Crippen LogP contribution is -2.02. The molecule has 12 heavy (non-hydrogen) atoms. The van der Waals surface area contributed by atoms with Gasteiger partial charge in [-0.2, -0.15) is 5.10 Å². The normalized spacial score (nSPS) is 16.8. The largest absolute Gasteiger partial charge is 0.269 e. The molecule has 0 saturated heterocycles. The molecule has 2 nitrogen and oxygen atoms in total. The van der Waals surface area contributed by atoms with Crippen molar-refractivity contribution in [3.8, 4) is 0 Å². The maximum absolute atomic E-state index is 4.35. The first-order valence-corrected chi connectivity index (χ1v) is 5.59. The van der Waals surface area contributed by atoms with Gasteiger partial charge in [-0.3, -0.25) is 4.68 Å². The topological polar surface area (TPSA) is 17.8 Å². The molecule has 1 aliphatic carbocycles. The average Bonchev–Trinajstić information content (AvgIpc) is 2.85. The van der Waals surface area contributed by atoms with Crippen LogP contribution in [0.3, 0.4) is 0 Å². The lowest BCUT2D eigenvalue weighted by molar-refractivity contribution is 0.622. The van der Waals surface area contributed by atoms with Gasteiger partial charge in [0.05, 0.1) is 6.20 Å². The van der Waals surface area contributed by atoms with Crippen LogP contribution >= 0.6 is 15.9 Å². The Labute approximate surface area is 81.1 Å².